The summed E-state index contributed by atoms with van der Waals surface area (Å²) >= 11 is 0. The van der Waals surface area contributed by atoms with Gasteiger partial charge in [0.15, 0.2) is 0 Å². The number of nitrogens with zero attached hydrogens (tertiary/aromatic N) is 1. The topological polar surface area (TPSA) is 75.4 Å². The third-order valence-electron chi connectivity index (χ3n) is 2.64. The maximum Gasteiger partial charge on any atom is 0.279 e. The van der Waals surface area contributed by atoms with E-state index in [-0.39, 0.29) is 12.1 Å². The van der Waals surface area contributed by atoms with Crippen LogP contribution in [0.3, 0.4) is 0 Å². The zero-order chi connectivity index (χ0) is 11.5. The average molecular weight is 235 g/mol. The van der Waals surface area contributed by atoms with Crippen LogP contribution in [0, 0.1) is 0 Å². The van der Waals surface area contributed by atoms with Gasteiger partial charge in [0.25, 0.3) is 10.2 Å². The molecule has 0 spiro atoms. The normalized spacial score (nSPS) is 26.5. The van der Waals surface area contributed by atoms with Crippen LogP contribution < -0.4 is 10.5 Å². The van der Waals surface area contributed by atoms with Crippen LogP contribution in [0.25, 0.3) is 0 Å². The van der Waals surface area contributed by atoms with Gasteiger partial charge in [0.2, 0.25) is 0 Å². The van der Waals surface area contributed by atoms with Crippen molar-refractivity contribution < 1.29 is 8.42 Å². The number of hydrogen-bond acceptors (Lipinski definition) is 3. The van der Waals surface area contributed by atoms with Gasteiger partial charge in [0, 0.05) is 25.2 Å². The second kappa shape index (κ2) is 5.25. The number of nitrogens with one attached hydrogen (secondary N) is 1. The second-order valence-corrected chi connectivity index (χ2v) is 5.99. The molecule has 1 aliphatic heterocycles. The summed E-state index contributed by atoms with van der Waals surface area (Å²) in [6.45, 7) is 4.65. The van der Waals surface area contributed by atoms with Gasteiger partial charge in [-0.1, -0.05) is 6.42 Å². The maximum atomic E-state index is 11.9. The van der Waals surface area contributed by atoms with E-state index in [0.717, 1.165) is 19.3 Å². The highest BCUT2D eigenvalue weighted by molar-refractivity contribution is 7.87. The first-order valence-electron chi connectivity index (χ1n) is 5.45. The Balaban J connectivity index is 2.59. The molecular weight excluding hydrogens is 214 g/mol. The molecule has 0 aliphatic carbocycles. The van der Waals surface area contributed by atoms with E-state index < -0.39 is 10.2 Å². The molecule has 0 bridgehead atoms. The first-order valence-corrected chi connectivity index (χ1v) is 6.89. The molecule has 0 aromatic carbocycles. The molecule has 1 saturated heterocycles. The van der Waals surface area contributed by atoms with Crippen LogP contribution in [-0.4, -0.2) is 37.9 Å². The lowest BCUT2D eigenvalue weighted by Gasteiger charge is -2.32. The monoisotopic (exact) mass is 235 g/mol. The number of piperidine rings is 1. The van der Waals surface area contributed by atoms with Crippen molar-refractivity contribution in [1.82, 2.24) is 9.03 Å². The Morgan fingerprint density at radius 1 is 1.53 bits per heavy atom. The van der Waals surface area contributed by atoms with Gasteiger partial charge in [0.1, 0.15) is 0 Å². The van der Waals surface area contributed by atoms with Crippen molar-refractivity contribution in [2.45, 2.75) is 45.2 Å². The maximum absolute atomic E-state index is 11.9. The Morgan fingerprint density at radius 3 is 2.73 bits per heavy atom. The summed E-state index contributed by atoms with van der Waals surface area (Å²) < 4.78 is 27.8. The van der Waals surface area contributed by atoms with E-state index in [4.69, 9.17) is 5.73 Å². The molecule has 1 fully saturated rings. The summed E-state index contributed by atoms with van der Waals surface area (Å²) in [6.07, 6.45) is 3.00. The first kappa shape index (κ1) is 12.9. The molecule has 5 nitrogen and oxygen atoms in total. The predicted octanol–water partition coefficient (Wildman–Crippen LogP) is 0.0424. The lowest BCUT2D eigenvalue weighted by molar-refractivity contribution is 0.265. The minimum absolute atomic E-state index is 0.101. The molecule has 90 valence electrons. The quantitative estimate of drug-likeness (QED) is 0.722. The van der Waals surface area contributed by atoms with E-state index in [1.807, 2.05) is 6.92 Å². The van der Waals surface area contributed by atoms with Gasteiger partial charge in [0.05, 0.1) is 0 Å². The highest BCUT2D eigenvalue weighted by Crippen LogP contribution is 2.18. The van der Waals surface area contributed by atoms with Crippen molar-refractivity contribution >= 4 is 10.2 Å². The molecule has 2 unspecified atom stereocenters. The lowest BCUT2D eigenvalue weighted by Crippen LogP contribution is -2.49. The molecule has 0 saturated carbocycles. The number of rotatable bonds is 4. The van der Waals surface area contributed by atoms with E-state index in [1.165, 1.54) is 0 Å². The molecule has 6 heteroatoms. The Morgan fingerprint density at radius 2 is 2.20 bits per heavy atom. The summed E-state index contributed by atoms with van der Waals surface area (Å²) in [5, 5.41) is 0. The van der Waals surface area contributed by atoms with Crippen molar-refractivity contribution in [2.24, 2.45) is 5.73 Å². The largest absolute Gasteiger partial charge is 0.327 e. The molecule has 0 radical (unpaired) electrons. The van der Waals surface area contributed by atoms with Crippen molar-refractivity contribution in [3.05, 3.63) is 0 Å². The van der Waals surface area contributed by atoms with E-state index >= 15 is 0 Å². The van der Waals surface area contributed by atoms with E-state index in [2.05, 4.69) is 4.72 Å². The minimum atomic E-state index is -3.32. The fourth-order valence-electron chi connectivity index (χ4n) is 1.75. The molecular formula is C9H21N3O2S. The third kappa shape index (κ3) is 3.71. The van der Waals surface area contributed by atoms with Gasteiger partial charge < -0.3 is 5.73 Å². The fourth-order valence-corrected chi connectivity index (χ4v) is 3.34. The van der Waals surface area contributed by atoms with Crippen molar-refractivity contribution in [3.63, 3.8) is 0 Å². The predicted molar refractivity (Wildman–Crippen MR) is 60.6 cm³/mol. The molecule has 0 aromatic rings. The second-order valence-electron chi connectivity index (χ2n) is 4.29. The molecule has 1 rings (SSSR count). The average Bonchev–Trinajstić information content (AvgIpc) is 2.15. The van der Waals surface area contributed by atoms with Crippen LogP contribution >= 0.6 is 0 Å². The molecule has 0 aromatic heterocycles. The van der Waals surface area contributed by atoms with Crippen molar-refractivity contribution in [1.29, 1.82) is 0 Å². The third-order valence-corrected chi connectivity index (χ3v) is 4.33. The summed E-state index contributed by atoms with van der Waals surface area (Å²) in [4.78, 5) is 0. The molecule has 0 amide bonds. The summed E-state index contributed by atoms with van der Waals surface area (Å²) in [7, 11) is -3.32. The molecule has 15 heavy (non-hydrogen) atoms. The van der Waals surface area contributed by atoms with Gasteiger partial charge in [-0.05, 0) is 26.7 Å². The highest BCUT2D eigenvalue weighted by atomic mass is 32.2. The number of nitrogens with two attached hydrogens (primary N) is 1. The fraction of sp³-hybridized carbons (Fsp3) is 1.00. The van der Waals surface area contributed by atoms with Gasteiger partial charge in [-0.2, -0.15) is 12.7 Å². The smallest absolute Gasteiger partial charge is 0.279 e. The Kier molecular flexibility index (Phi) is 4.51. The van der Waals surface area contributed by atoms with Crippen molar-refractivity contribution in [3.8, 4) is 0 Å². The molecule has 1 heterocycles. The number of hydrogen-bond donors (Lipinski definition) is 2. The van der Waals surface area contributed by atoms with E-state index in [9.17, 15) is 8.42 Å². The lowest BCUT2D eigenvalue weighted by atomic mass is 10.1. The van der Waals surface area contributed by atoms with Gasteiger partial charge >= 0.3 is 0 Å². The molecule has 3 N–H and O–H groups in total. The molecule has 1 aliphatic rings. The summed E-state index contributed by atoms with van der Waals surface area (Å²) in [5.74, 6) is 0. The zero-order valence-electron chi connectivity index (χ0n) is 9.44. The van der Waals surface area contributed by atoms with Gasteiger partial charge in [-0.15, -0.1) is 0 Å². The zero-order valence-corrected chi connectivity index (χ0v) is 10.3. The van der Waals surface area contributed by atoms with Crippen LogP contribution in [-0.2, 0) is 10.2 Å². The van der Waals surface area contributed by atoms with Crippen LogP contribution in [0.2, 0.25) is 0 Å². The van der Waals surface area contributed by atoms with Gasteiger partial charge in [-0.3, -0.25) is 0 Å². The molecule has 2 atom stereocenters. The first-order chi connectivity index (χ1) is 6.93. The van der Waals surface area contributed by atoms with Crippen LogP contribution in [0.1, 0.15) is 33.1 Å². The summed E-state index contributed by atoms with van der Waals surface area (Å²) in [6, 6.07) is -0.0517. The Hall–Kier alpha value is -0.170. The van der Waals surface area contributed by atoms with Crippen LogP contribution in [0.15, 0.2) is 0 Å². The van der Waals surface area contributed by atoms with E-state index in [1.54, 1.807) is 11.2 Å². The van der Waals surface area contributed by atoms with Crippen LogP contribution in [0.4, 0.5) is 0 Å². The SMILES string of the molecule is CC(N)CNS(=O)(=O)N1CCCCC1C. The minimum Gasteiger partial charge on any atom is -0.327 e. The summed E-state index contributed by atoms with van der Waals surface area (Å²) in [5.41, 5.74) is 5.52. The highest BCUT2D eigenvalue weighted by Gasteiger charge is 2.28. The Bertz CT molecular complexity index is 290. The van der Waals surface area contributed by atoms with Crippen molar-refractivity contribution in [2.75, 3.05) is 13.1 Å². The van der Waals surface area contributed by atoms with Crippen LogP contribution in [0.5, 0.6) is 0 Å². The Labute approximate surface area is 92.2 Å². The van der Waals surface area contributed by atoms with E-state index in [0.29, 0.717) is 13.1 Å². The van der Waals surface area contributed by atoms with Gasteiger partial charge in [-0.25, -0.2) is 4.72 Å². The standard InChI is InChI=1S/C9H21N3O2S/c1-8(10)7-11-15(13,14)12-6-4-3-5-9(12)2/h8-9,11H,3-7,10H2,1-2H3.